The smallest absolute Gasteiger partial charge is 0.380 e. The van der Waals surface area contributed by atoms with Crippen LogP contribution in [0.2, 0.25) is 0 Å². The van der Waals surface area contributed by atoms with Crippen molar-refractivity contribution in [2.45, 2.75) is 49.8 Å². The van der Waals surface area contributed by atoms with Crippen molar-refractivity contribution < 1.29 is 89.5 Å². The molecule has 33 heavy (non-hydrogen) atoms. The largest absolute Gasteiger partial charge is 0.483 e. The summed E-state index contributed by atoms with van der Waals surface area (Å²) in [6.07, 6.45) is -48.3. The standard InChI is InChI=1S/C13H11F15O5/c1-6(2-29-3-6)4-30-5-7(14,15)31-10(21,22)11(23,24)33-13(27,28)12(25,26)32-9(19,20)8(16,17)18/h2-5H2,1H3. The second-order valence-corrected chi connectivity index (χ2v) is 6.82. The quantitative estimate of drug-likeness (QED) is 0.323. The molecule has 0 saturated carbocycles. The van der Waals surface area contributed by atoms with E-state index in [4.69, 9.17) is 0 Å². The molecule has 0 bridgehead atoms. The predicted octanol–water partition coefficient (Wildman–Crippen LogP) is 5.21. The minimum absolute atomic E-state index is 0.0275. The van der Waals surface area contributed by atoms with Crippen molar-refractivity contribution in [1.82, 2.24) is 0 Å². The van der Waals surface area contributed by atoms with Crippen LogP contribution < -0.4 is 0 Å². The van der Waals surface area contributed by atoms with Gasteiger partial charge in [0.15, 0.2) is 0 Å². The van der Waals surface area contributed by atoms with E-state index in [2.05, 4.69) is 14.2 Å². The molecule has 1 fully saturated rings. The van der Waals surface area contributed by atoms with Crippen molar-refractivity contribution in [3.8, 4) is 0 Å². The van der Waals surface area contributed by atoms with Crippen molar-refractivity contribution in [2.75, 3.05) is 26.4 Å². The normalized spacial score (nSPS) is 18.9. The Bertz CT molecular complexity index is 674. The molecule has 0 radical (unpaired) electrons. The molecule has 0 aliphatic carbocycles. The Hall–Kier alpha value is -1.25. The summed E-state index contributed by atoms with van der Waals surface area (Å²) in [5.41, 5.74) is -0.863. The molecule has 1 saturated heterocycles. The number of halogens is 15. The van der Waals surface area contributed by atoms with Crippen molar-refractivity contribution in [3.63, 3.8) is 0 Å². The second-order valence-electron chi connectivity index (χ2n) is 6.82. The number of rotatable bonds is 12. The van der Waals surface area contributed by atoms with Crippen LogP contribution in [0.5, 0.6) is 0 Å². The van der Waals surface area contributed by atoms with Crippen LogP contribution in [0.25, 0.3) is 0 Å². The minimum Gasteiger partial charge on any atom is -0.380 e. The third-order valence-corrected chi connectivity index (χ3v) is 3.42. The Morgan fingerprint density at radius 1 is 0.606 bits per heavy atom. The van der Waals surface area contributed by atoms with Crippen LogP contribution in [0.3, 0.4) is 0 Å². The SMILES string of the molecule is CC1(COCC(F)(F)OC(F)(F)C(F)(F)OC(F)(F)C(F)(F)OC(F)(F)C(F)(F)F)COC1. The van der Waals surface area contributed by atoms with Gasteiger partial charge in [-0.3, -0.25) is 0 Å². The fourth-order valence-corrected chi connectivity index (χ4v) is 1.78. The maximum Gasteiger partial charge on any atom is 0.483 e. The van der Waals surface area contributed by atoms with Crippen LogP contribution in [-0.4, -0.2) is 69.3 Å². The first-order valence-corrected chi connectivity index (χ1v) is 7.88. The van der Waals surface area contributed by atoms with Gasteiger partial charge in [0.2, 0.25) is 0 Å². The number of ether oxygens (including phenoxy) is 5. The fraction of sp³-hybridized carbons (Fsp3) is 1.00. The van der Waals surface area contributed by atoms with E-state index in [1.54, 1.807) is 4.74 Å². The number of hydrogen-bond donors (Lipinski definition) is 0. The van der Waals surface area contributed by atoms with Gasteiger partial charge in [-0.25, -0.2) is 14.2 Å². The average Bonchev–Trinajstić information content (AvgIpc) is 2.48. The van der Waals surface area contributed by atoms with Crippen LogP contribution in [0.15, 0.2) is 0 Å². The lowest BCUT2D eigenvalue weighted by atomic mass is 9.90. The third-order valence-electron chi connectivity index (χ3n) is 3.42. The number of alkyl halides is 15. The van der Waals surface area contributed by atoms with Crippen molar-refractivity contribution >= 4 is 0 Å². The summed E-state index contributed by atoms with van der Waals surface area (Å²) in [6.45, 7) is -1.46. The summed E-state index contributed by atoms with van der Waals surface area (Å²) in [5.74, 6) is 0. The zero-order chi connectivity index (χ0) is 26.4. The maximum atomic E-state index is 13.3. The first-order chi connectivity index (χ1) is 14.3. The first-order valence-electron chi connectivity index (χ1n) is 7.88. The van der Waals surface area contributed by atoms with Crippen LogP contribution in [0, 0.1) is 5.41 Å². The lowest BCUT2D eigenvalue weighted by Crippen LogP contribution is -2.59. The summed E-state index contributed by atoms with van der Waals surface area (Å²) in [5, 5.41) is 0. The minimum atomic E-state index is -7.36. The molecule has 198 valence electrons. The molecule has 0 atom stereocenters. The van der Waals surface area contributed by atoms with E-state index >= 15 is 0 Å². The summed E-state index contributed by atoms with van der Waals surface area (Å²) in [4.78, 5) is 0. The van der Waals surface area contributed by atoms with Crippen LogP contribution in [-0.2, 0) is 23.7 Å². The molecule has 0 aromatic carbocycles. The van der Waals surface area contributed by atoms with E-state index in [0.717, 1.165) is 0 Å². The van der Waals surface area contributed by atoms with Gasteiger partial charge in [-0.05, 0) is 0 Å². The zero-order valence-electron chi connectivity index (χ0n) is 15.5. The molecule has 0 spiro atoms. The van der Waals surface area contributed by atoms with Crippen molar-refractivity contribution in [2.24, 2.45) is 5.41 Å². The molecule has 0 unspecified atom stereocenters. The van der Waals surface area contributed by atoms with E-state index in [1.807, 2.05) is 0 Å². The molecule has 20 heteroatoms. The van der Waals surface area contributed by atoms with Gasteiger partial charge in [-0.1, -0.05) is 6.92 Å². The van der Waals surface area contributed by atoms with Gasteiger partial charge >= 0.3 is 42.8 Å². The van der Waals surface area contributed by atoms with Gasteiger partial charge in [0.1, 0.15) is 6.61 Å². The Morgan fingerprint density at radius 3 is 1.30 bits per heavy atom. The first kappa shape index (κ1) is 29.8. The number of hydrogen-bond acceptors (Lipinski definition) is 5. The molecular formula is C13H11F15O5. The summed E-state index contributed by atoms with van der Waals surface area (Å²) >= 11 is 0. The van der Waals surface area contributed by atoms with Gasteiger partial charge in [0.05, 0.1) is 19.8 Å². The van der Waals surface area contributed by atoms with E-state index in [-0.39, 0.29) is 13.2 Å². The van der Waals surface area contributed by atoms with Crippen LogP contribution in [0.4, 0.5) is 65.9 Å². The molecule has 1 aliphatic heterocycles. The third kappa shape index (κ3) is 7.12. The Morgan fingerprint density at radius 2 is 0.970 bits per heavy atom. The molecule has 1 heterocycles. The summed E-state index contributed by atoms with van der Waals surface area (Å²) in [6, 6.07) is 0. The molecule has 1 aliphatic rings. The molecule has 1 rings (SSSR count). The van der Waals surface area contributed by atoms with Crippen molar-refractivity contribution in [3.05, 3.63) is 0 Å². The van der Waals surface area contributed by atoms with E-state index in [9.17, 15) is 65.9 Å². The van der Waals surface area contributed by atoms with Crippen molar-refractivity contribution in [1.29, 1.82) is 0 Å². The molecule has 0 aromatic rings. The highest BCUT2D eigenvalue weighted by Gasteiger charge is 2.76. The monoisotopic (exact) mass is 532 g/mol. The maximum absolute atomic E-state index is 13.3. The predicted molar refractivity (Wildman–Crippen MR) is 68.7 cm³/mol. The topological polar surface area (TPSA) is 46.2 Å². The van der Waals surface area contributed by atoms with Gasteiger partial charge in [0.25, 0.3) is 0 Å². The zero-order valence-corrected chi connectivity index (χ0v) is 15.5. The van der Waals surface area contributed by atoms with Gasteiger partial charge in [0, 0.05) is 5.41 Å². The van der Waals surface area contributed by atoms with Crippen LogP contribution >= 0.6 is 0 Å². The summed E-state index contributed by atoms with van der Waals surface area (Å²) in [7, 11) is 0. The average molecular weight is 532 g/mol. The van der Waals surface area contributed by atoms with E-state index in [0.29, 0.717) is 0 Å². The molecular weight excluding hydrogens is 521 g/mol. The highest BCUT2D eigenvalue weighted by Crippen LogP contribution is 2.50. The highest BCUT2D eigenvalue weighted by molar-refractivity contribution is 4.81. The highest BCUT2D eigenvalue weighted by atomic mass is 19.4. The Labute approximate surface area is 172 Å². The fourth-order valence-electron chi connectivity index (χ4n) is 1.78. The van der Waals surface area contributed by atoms with E-state index in [1.165, 1.54) is 11.7 Å². The lowest BCUT2D eigenvalue weighted by molar-refractivity contribution is -0.567. The van der Waals surface area contributed by atoms with Gasteiger partial charge < -0.3 is 9.47 Å². The van der Waals surface area contributed by atoms with Gasteiger partial charge in [-0.2, -0.15) is 65.9 Å². The Balaban J connectivity index is 2.90. The van der Waals surface area contributed by atoms with Crippen LogP contribution in [0.1, 0.15) is 6.92 Å². The Kier molecular flexibility index (Phi) is 7.90. The lowest BCUT2D eigenvalue weighted by Gasteiger charge is -2.38. The molecule has 0 aromatic heterocycles. The van der Waals surface area contributed by atoms with Gasteiger partial charge in [-0.15, -0.1) is 0 Å². The molecule has 5 nitrogen and oxygen atoms in total. The molecule has 0 amide bonds. The second kappa shape index (κ2) is 8.76. The molecule has 0 N–H and O–H groups in total. The van der Waals surface area contributed by atoms with E-state index < -0.39 is 61.5 Å². The summed E-state index contributed by atoms with van der Waals surface area (Å²) < 4.78 is 206.